The van der Waals surface area contributed by atoms with Gasteiger partial charge in [0.25, 0.3) is 0 Å². The third kappa shape index (κ3) is 3.96. The highest BCUT2D eigenvalue weighted by atomic mass is 16.5. The number of aryl methyl sites for hydroxylation is 1. The second-order valence-electron chi connectivity index (χ2n) is 3.65. The zero-order valence-electron chi connectivity index (χ0n) is 10.2. The number of nitrogens with one attached hydrogen (secondary N) is 2. The van der Waals surface area contributed by atoms with Gasteiger partial charge in [-0.25, -0.2) is 10.6 Å². The zero-order valence-corrected chi connectivity index (χ0v) is 10.2. The van der Waals surface area contributed by atoms with Crippen LogP contribution in [0.15, 0.2) is 18.2 Å². The van der Waals surface area contributed by atoms with E-state index in [4.69, 9.17) is 10.6 Å². The Hall–Kier alpha value is -1.75. The van der Waals surface area contributed by atoms with Crippen LogP contribution in [0.3, 0.4) is 0 Å². The van der Waals surface area contributed by atoms with E-state index >= 15 is 0 Å². The number of urea groups is 1. The minimum atomic E-state index is -0.366. The summed E-state index contributed by atoms with van der Waals surface area (Å²) >= 11 is 0. The molecule has 17 heavy (non-hydrogen) atoms. The number of nitrogens with two attached hydrogens (primary N) is 1. The van der Waals surface area contributed by atoms with Gasteiger partial charge in [0, 0.05) is 6.54 Å². The third-order valence-electron chi connectivity index (χ3n) is 2.56. The topological polar surface area (TPSA) is 76.4 Å². The summed E-state index contributed by atoms with van der Waals surface area (Å²) in [4.78, 5) is 10.9. The maximum absolute atomic E-state index is 10.9. The van der Waals surface area contributed by atoms with E-state index in [0.717, 1.165) is 18.6 Å². The molecule has 1 aromatic carbocycles. The second-order valence-corrected chi connectivity index (χ2v) is 3.65. The molecule has 0 bridgehead atoms. The van der Waals surface area contributed by atoms with Crippen molar-refractivity contribution in [3.8, 4) is 5.75 Å². The van der Waals surface area contributed by atoms with Gasteiger partial charge >= 0.3 is 6.03 Å². The van der Waals surface area contributed by atoms with E-state index < -0.39 is 0 Å². The number of ether oxygens (including phenoxy) is 1. The molecule has 1 aromatic rings. The summed E-state index contributed by atoms with van der Waals surface area (Å²) in [7, 11) is 1.67. The third-order valence-corrected chi connectivity index (χ3v) is 2.56. The molecule has 0 atom stereocenters. The summed E-state index contributed by atoms with van der Waals surface area (Å²) in [5, 5.41) is 2.64. The Labute approximate surface area is 101 Å². The van der Waals surface area contributed by atoms with Gasteiger partial charge in [-0.1, -0.05) is 19.1 Å². The number of amides is 2. The van der Waals surface area contributed by atoms with Crippen LogP contribution >= 0.6 is 0 Å². The Bertz CT molecular complexity index is 380. The lowest BCUT2D eigenvalue weighted by atomic mass is 10.1. The zero-order chi connectivity index (χ0) is 12.7. The Morgan fingerprint density at radius 1 is 1.47 bits per heavy atom. The molecule has 2 amide bonds. The van der Waals surface area contributed by atoms with Gasteiger partial charge in [0.15, 0.2) is 0 Å². The van der Waals surface area contributed by atoms with Crippen molar-refractivity contribution in [1.82, 2.24) is 10.7 Å². The number of carbonyl (C=O) groups is 1. The van der Waals surface area contributed by atoms with E-state index in [2.05, 4.69) is 18.3 Å². The molecule has 5 nitrogen and oxygen atoms in total. The predicted molar refractivity (Wildman–Crippen MR) is 66.8 cm³/mol. The lowest BCUT2D eigenvalue weighted by Gasteiger charge is -2.09. The molecule has 0 aliphatic rings. The van der Waals surface area contributed by atoms with Crippen molar-refractivity contribution in [2.75, 3.05) is 13.7 Å². The van der Waals surface area contributed by atoms with Crippen molar-refractivity contribution in [3.63, 3.8) is 0 Å². The van der Waals surface area contributed by atoms with Gasteiger partial charge in [-0.2, -0.15) is 0 Å². The molecule has 0 fully saturated rings. The summed E-state index contributed by atoms with van der Waals surface area (Å²) in [6, 6.07) is 5.69. The number of benzene rings is 1. The molecule has 5 heteroatoms. The molecule has 0 aliphatic carbocycles. The second kappa shape index (κ2) is 6.75. The molecule has 0 radical (unpaired) electrons. The monoisotopic (exact) mass is 237 g/mol. The van der Waals surface area contributed by atoms with Crippen LogP contribution < -0.4 is 21.3 Å². The quantitative estimate of drug-likeness (QED) is 0.406. The van der Waals surface area contributed by atoms with Gasteiger partial charge in [-0.15, -0.1) is 0 Å². The van der Waals surface area contributed by atoms with Gasteiger partial charge in [0.1, 0.15) is 5.75 Å². The first kappa shape index (κ1) is 13.3. The van der Waals surface area contributed by atoms with Crippen molar-refractivity contribution in [1.29, 1.82) is 0 Å². The Morgan fingerprint density at radius 3 is 2.82 bits per heavy atom. The van der Waals surface area contributed by atoms with Crippen LogP contribution in [0.25, 0.3) is 0 Å². The molecule has 4 N–H and O–H groups in total. The molecule has 0 aromatic heterocycles. The summed E-state index contributed by atoms with van der Waals surface area (Å²) in [6.07, 6.45) is 1.69. The number of hydrogen-bond donors (Lipinski definition) is 3. The summed E-state index contributed by atoms with van der Waals surface area (Å²) in [5.74, 6) is 5.86. The number of rotatable bonds is 5. The maximum atomic E-state index is 10.9. The molecule has 0 aliphatic heterocycles. The van der Waals surface area contributed by atoms with E-state index in [9.17, 15) is 4.79 Å². The van der Waals surface area contributed by atoms with Gasteiger partial charge in [-0.05, 0) is 30.0 Å². The SMILES string of the molecule is CCc1cc(CCNC(=O)NN)ccc1OC. The van der Waals surface area contributed by atoms with E-state index in [1.165, 1.54) is 11.1 Å². The molecule has 0 saturated carbocycles. The molecule has 0 saturated heterocycles. The predicted octanol–water partition coefficient (Wildman–Crippen LogP) is 0.973. The molecular formula is C12H19N3O2. The minimum Gasteiger partial charge on any atom is -0.496 e. The van der Waals surface area contributed by atoms with E-state index in [1.54, 1.807) is 7.11 Å². The molecule has 94 valence electrons. The van der Waals surface area contributed by atoms with Gasteiger partial charge < -0.3 is 10.1 Å². The lowest BCUT2D eigenvalue weighted by Crippen LogP contribution is -2.40. The molecule has 0 heterocycles. The van der Waals surface area contributed by atoms with Crippen LogP contribution in [0.4, 0.5) is 4.79 Å². The summed E-state index contributed by atoms with van der Waals surface area (Å²) in [5.41, 5.74) is 4.36. The van der Waals surface area contributed by atoms with Gasteiger partial charge in [-0.3, -0.25) is 5.43 Å². The lowest BCUT2D eigenvalue weighted by molar-refractivity contribution is 0.241. The Kier molecular flexibility index (Phi) is 5.29. The Balaban J connectivity index is 2.57. The molecule has 1 rings (SSSR count). The molecule has 0 unspecified atom stereocenters. The van der Waals surface area contributed by atoms with Crippen LogP contribution in [0.1, 0.15) is 18.1 Å². The largest absolute Gasteiger partial charge is 0.496 e. The van der Waals surface area contributed by atoms with Crippen molar-refractivity contribution < 1.29 is 9.53 Å². The highest BCUT2D eigenvalue weighted by Crippen LogP contribution is 2.20. The van der Waals surface area contributed by atoms with Crippen molar-refractivity contribution >= 4 is 6.03 Å². The number of hydrogen-bond acceptors (Lipinski definition) is 3. The first-order valence-corrected chi connectivity index (χ1v) is 5.61. The van der Waals surface area contributed by atoms with Crippen LogP contribution in [-0.2, 0) is 12.8 Å². The highest BCUT2D eigenvalue weighted by Gasteiger charge is 2.03. The van der Waals surface area contributed by atoms with Crippen LogP contribution in [-0.4, -0.2) is 19.7 Å². The molecular weight excluding hydrogens is 218 g/mol. The van der Waals surface area contributed by atoms with Crippen LogP contribution in [0.2, 0.25) is 0 Å². The van der Waals surface area contributed by atoms with E-state index in [0.29, 0.717) is 6.54 Å². The van der Waals surface area contributed by atoms with Gasteiger partial charge in [0.05, 0.1) is 7.11 Å². The fourth-order valence-electron chi connectivity index (χ4n) is 1.64. The van der Waals surface area contributed by atoms with Crippen molar-refractivity contribution in [2.45, 2.75) is 19.8 Å². The standard InChI is InChI=1S/C12H19N3O2/c1-3-10-8-9(4-5-11(10)17-2)6-7-14-12(16)15-13/h4-5,8H,3,6-7,13H2,1-2H3,(H2,14,15,16). The first-order chi connectivity index (χ1) is 8.21. The fraction of sp³-hybridized carbons (Fsp3) is 0.417. The van der Waals surface area contributed by atoms with E-state index in [-0.39, 0.29) is 6.03 Å². The first-order valence-electron chi connectivity index (χ1n) is 5.61. The van der Waals surface area contributed by atoms with Crippen LogP contribution in [0, 0.1) is 0 Å². The molecule has 0 spiro atoms. The maximum Gasteiger partial charge on any atom is 0.328 e. The van der Waals surface area contributed by atoms with Crippen LogP contribution in [0.5, 0.6) is 5.75 Å². The minimum absolute atomic E-state index is 0.366. The normalized spacial score (nSPS) is 9.82. The smallest absolute Gasteiger partial charge is 0.328 e. The summed E-state index contributed by atoms with van der Waals surface area (Å²) in [6.45, 7) is 2.64. The number of methoxy groups -OCH3 is 1. The number of hydrazine groups is 1. The fourth-order valence-corrected chi connectivity index (χ4v) is 1.64. The average molecular weight is 237 g/mol. The number of carbonyl (C=O) groups excluding carboxylic acids is 1. The van der Waals surface area contributed by atoms with E-state index in [1.807, 2.05) is 17.6 Å². The summed E-state index contributed by atoms with van der Waals surface area (Å²) < 4.78 is 5.26. The average Bonchev–Trinajstić information content (AvgIpc) is 2.38. The van der Waals surface area contributed by atoms with Crippen molar-refractivity contribution in [3.05, 3.63) is 29.3 Å². The highest BCUT2D eigenvalue weighted by molar-refractivity contribution is 5.72. The Morgan fingerprint density at radius 2 is 2.24 bits per heavy atom. The van der Waals surface area contributed by atoms with Crippen molar-refractivity contribution in [2.24, 2.45) is 5.84 Å². The van der Waals surface area contributed by atoms with Gasteiger partial charge in [0.2, 0.25) is 0 Å².